The van der Waals surface area contributed by atoms with Gasteiger partial charge in [0, 0.05) is 5.75 Å². The van der Waals surface area contributed by atoms with Gasteiger partial charge >= 0.3 is 0 Å². The van der Waals surface area contributed by atoms with Gasteiger partial charge in [-0.2, -0.15) is 12.6 Å². The zero-order chi connectivity index (χ0) is 16.3. The van der Waals surface area contributed by atoms with Crippen molar-refractivity contribution in [1.82, 2.24) is 0 Å². The van der Waals surface area contributed by atoms with Crippen LogP contribution < -0.4 is 0 Å². The molecule has 0 bridgehead atoms. The van der Waals surface area contributed by atoms with Gasteiger partial charge in [0.05, 0.1) is 72.5 Å². The van der Waals surface area contributed by atoms with Crippen LogP contribution >= 0.6 is 12.6 Å². The van der Waals surface area contributed by atoms with Crippen molar-refractivity contribution in [2.24, 2.45) is 5.41 Å². The van der Waals surface area contributed by atoms with Crippen LogP contribution in [0.1, 0.15) is 0 Å². The number of hydrogen-bond acceptors (Lipinski definition) is 11. The Morgan fingerprint density at radius 3 is 1.48 bits per heavy atom. The molecule has 0 spiro atoms. The molecule has 0 radical (unpaired) electrons. The summed E-state index contributed by atoms with van der Waals surface area (Å²) in [5.74, 6) is 0.340. The maximum atomic E-state index is 10.5. The molecule has 0 saturated heterocycles. The molecule has 0 aromatic carbocycles. The first-order chi connectivity index (χ1) is 9.81. The first-order valence-electron chi connectivity index (χ1n) is 5.17. The second-order valence-corrected chi connectivity index (χ2v) is 6.05. The highest BCUT2D eigenvalue weighted by atomic mass is 32.2. The van der Waals surface area contributed by atoms with Gasteiger partial charge in [-0.3, -0.25) is 12.5 Å². The first kappa shape index (κ1) is 21.5. The molecule has 128 valence electrons. The van der Waals surface area contributed by atoms with Crippen LogP contribution in [0.5, 0.6) is 0 Å². The third-order valence-corrected chi connectivity index (χ3v) is 3.14. The number of ether oxygens (including phenoxy) is 1. The molecule has 0 aliphatic heterocycles. The SMILES string of the molecule is O=S([O-])OCC(COCCS)(COS(=O)[O-])COS(=O)[O-]. The third kappa shape index (κ3) is 11.7. The summed E-state index contributed by atoms with van der Waals surface area (Å²) in [7, 11) is 0. The minimum Gasteiger partial charge on any atom is -0.750 e. The van der Waals surface area contributed by atoms with E-state index in [-0.39, 0.29) is 13.2 Å². The average molecular weight is 385 g/mol. The molecule has 21 heavy (non-hydrogen) atoms. The Bertz CT molecular complexity index is 318. The molecule has 3 unspecified atom stereocenters. The number of hydrogen-bond donors (Lipinski definition) is 1. The lowest BCUT2D eigenvalue weighted by Gasteiger charge is -2.32. The fourth-order valence-corrected chi connectivity index (χ4v) is 2.29. The molecule has 0 aliphatic rings. The zero-order valence-electron chi connectivity index (χ0n) is 10.5. The van der Waals surface area contributed by atoms with Gasteiger partial charge in [0.1, 0.15) is 0 Å². The molecular weight excluding hydrogens is 372 g/mol. The summed E-state index contributed by atoms with van der Waals surface area (Å²) in [6, 6.07) is 0. The summed E-state index contributed by atoms with van der Waals surface area (Å²) in [6.45, 7) is -1.89. The Labute approximate surface area is 134 Å². The standard InChI is InChI=1S/C7H16O10S4/c8-19(9)15-4-7(3-14-1-2-18,5-16-20(10)11)6-17-21(12)13/h18H,1-6H2,(H,8,9)(H,10,11)(H,12,13)/p-3. The van der Waals surface area contributed by atoms with E-state index in [9.17, 15) is 26.3 Å². The van der Waals surface area contributed by atoms with Crippen molar-refractivity contribution >= 4 is 46.7 Å². The fourth-order valence-electron chi connectivity index (χ4n) is 1.12. The quantitative estimate of drug-likeness (QED) is 0.221. The molecule has 3 atom stereocenters. The van der Waals surface area contributed by atoms with E-state index < -0.39 is 59.3 Å². The minimum atomic E-state index is -2.89. The smallest absolute Gasteiger partial charge is 0.0842 e. The van der Waals surface area contributed by atoms with Crippen LogP contribution in [0.4, 0.5) is 0 Å². The monoisotopic (exact) mass is 385 g/mol. The predicted octanol–water partition coefficient (Wildman–Crippen LogP) is -1.65. The Balaban J connectivity index is 4.89. The van der Waals surface area contributed by atoms with E-state index in [1.165, 1.54) is 0 Å². The van der Waals surface area contributed by atoms with Crippen molar-refractivity contribution in [1.29, 1.82) is 0 Å². The van der Waals surface area contributed by atoms with Crippen LogP contribution in [-0.4, -0.2) is 65.1 Å². The first-order valence-corrected chi connectivity index (χ1v) is 8.81. The topological polar surface area (TPSA) is 157 Å². The van der Waals surface area contributed by atoms with Crippen molar-refractivity contribution in [3.05, 3.63) is 0 Å². The lowest BCUT2D eigenvalue weighted by atomic mass is 9.93. The third-order valence-electron chi connectivity index (χ3n) is 2.03. The van der Waals surface area contributed by atoms with Gasteiger partial charge in [-0.05, 0) is 0 Å². The minimum absolute atomic E-state index is 0.159. The van der Waals surface area contributed by atoms with Crippen LogP contribution in [-0.2, 0) is 51.4 Å². The molecule has 0 N–H and O–H groups in total. The number of rotatable bonds is 13. The van der Waals surface area contributed by atoms with Crippen LogP contribution in [0.3, 0.4) is 0 Å². The summed E-state index contributed by atoms with van der Waals surface area (Å²) in [6.07, 6.45) is 0. The Morgan fingerprint density at radius 2 is 1.19 bits per heavy atom. The van der Waals surface area contributed by atoms with E-state index in [1.807, 2.05) is 0 Å². The molecule has 0 saturated carbocycles. The second kappa shape index (κ2) is 12.0. The van der Waals surface area contributed by atoms with Gasteiger partial charge in [-0.25, -0.2) is 12.6 Å². The molecule has 0 heterocycles. The Kier molecular flexibility index (Phi) is 12.3. The van der Waals surface area contributed by atoms with E-state index in [0.29, 0.717) is 5.75 Å². The molecule has 14 heteroatoms. The molecule has 0 aromatic rings. The van der Waals surface area contributed by atoms with Crippen LogP contribution in [0, 0.1) is 5.41 Å². The molecule has 0 amide bonds. The van der Waals surface area contributed by atoms with Gasteiger partial charge < -0.3 is 18.4 Å². The summed E-state index contributed by atoms with van der Waals surface area (Å²) in [5.41, 5.74) is -1.46. The lowest BCUT2D eigenvalue weighted by molar-refractivity contribution is -0.0339. The maximum absolute atomic E-state index is 10.5. The molecule has 10 nitrogen and oxygen atoms in total. The Hall–Kier alpha value is 0.520. The lowest BCUT2D eigenvalue weighted by Crippen LogP contribution is -2.42. The molecule has 0 aromatic heterocycles. The van der Waals surface area contributed by atoms with E-state index >= 15 is 0 Å². The maximum Gasteiger partial charge on any atom is 0.0842 e. The average Bonchev–Trinajstić information content (AvgIpc) is 2.40. The van der Waals surface area contributed by atoms with Crippen molar-refractivity contribution in [2.45, 2.75) is 0 Å². The largest absolute Gasteiger partial charge is 0.750 e. The zero-order valence-corrected chi connectivity index (χ0v) is 13.8. The van der Waals surface area contributed by atoms with Gasteiger partial charge in [0.15, 0.2) is 0 Å². The summed E-state index contributed by atoms with van der Waals surface area (Å²) in [4.78, 5) is 0. The van der Waals surface area contributed by atoms with Crippen LogP contribution in [0.2, 0.25) is 0 Å². The molecular formula is C7H13O10S4-3. The predicted molar refractivity (Wildman–Crippen MR) is 71.7 cm³/mol. The second-order valence-electron chi connectivity index (χ2n) is 3.68. The van der Waals surface area contributed by atoms with E-state index in [2.05, 4.69) is 25.2 Å². The molecule has 0 aliphatic carbocycles. The Morgan fingerprint density at radius 1 is 0.810 bits per heavy atom. The summed E-state index contributed by atoms with van der Waals surface area (Å²) in [5, 5.41) is 0. The van der Waals surface area contributed by atoms with Gasteiger partial charge in [0.25, 0.3) is 0 Å². The van der Waals surface area contributed by atoms with E-state index in [1.54, 1.807) is 0 Å². The van der Waals surface area contributed by atoms with Gasteiger partial charge in [-0.15, -0.1) is 0 Å². The molecule has 0 fully saturated rings. The van der Waals surface area contributed by atoms with E-state index in [0.717, 1.165) is 0 Å². The van der Waals surface area contributed by atoms with Crippen molar-refractivity contribution < 1.29 is 43.6 Å². The van der Waals surface area contributed by atoms with Crippen molar-refractivity contribution in [2.75, 3.05) is 38.8 Å². The van der Waals surface area contributed by atoms with Gasteiger partial charge in [0.2, 0.25) is 0 Å². The highest BCUT2D eigenvalue weighted by Crippen LogP contribution is 2.22. The summed E-state index contributed by atoms with van der Waals surface area (Å²) >= 11 is -4.77. The molecule has 0 rings (SSSR count). The van der Waals surface area contributed by atoms with Crippen LogP contribution in [0.15, 0.2) is 0 Å². The normalized spacial score (nSPS) is 18.9. The van der Waals surface area contributed by atoms with Crippen molar-refractivity contribution in [3.63, 3.8) is 0 Å². The van der Waals surface area contributed by atoms with Gasteiger partial charge in [-0.1, -0.05) is 0 Å². The van der Waals surface area contributed by atoms with E-state index in [4.69, 9.17) is 4.74 Å². The highest BCUT2D eigenvalue weighted by Gasteiger charge is 2.33. The highest BCUT2D eigenvalue weighted by molar-refractivity contribution is 7.80. The fraction of sp³-hybridized carbons (Fsp3) is 1.00. The van der Waals surface area contributed by atoms with Crippen molar-refractivity contribution in [3.8, 4) is 0 Å². The summed E-state index contributed by atoms with van der Waals surface area (Å²) < 4.78 is 80.9. The van der Waals surface area contributed by atoms with Crippen LogP contribution in [0.25, 0.3) is 0 Å². The number of thiol groups is 1.